The van der Waals surface area contributed by atoms with Crippen LogP contribution in [0.25, 0.3) is 5.70 Å². The molecule has 0 bridgehead atoms. The summed E-state index contributed by atoms with van der Waals surface area (Å²) >= 11 is 13.6. The quantitative estimate of drug-likeness (QED) is 0.0643. The predicted molar refractivity (Wildman–Crippen MR) is 309 cm³/mol. The van der Waals surface area contributed by atoms with E-state index in [4.69, 9.17) is 22.2 Å². The van der Waals surface area contributed by atoms with Crippen LogP contribution in [-0.2, 0) is 38.8 Å². The Morgan fingerprint density at radius 3 is 1.20 bits per heavy atom. The average Bonchev–Trinajstić information content (AvgIpc) is 3.99. The Balaban J connectivity index is 0.000000264. The largest absolute Gasteiger partial charge is 0.363 e. The van der Waals surface area contributed by atoms with E-state index in [1.54, 1.807) is 0 Å². The third kappa shape index (κ3) is 13.6. The van der Waals surface area contributed by atoms with Crippen LogP contribution in [0.3, 0.4) is 0 Å². The molecule has 1 atom stereocenters. The van der Waals surface area contributed by atoms with Crippen molar-refractivity contribution in [1.82, 2.24) is 9.88 Å². The standard InChI is InChI=1S/C41H50N2Si.C20H26Cl2Si.C2H6/c1-6-8-14-31-20-24-35(25-21-31)44(42-41(3,4)5,36-26-22-32(23-27-36)15-9-7-2)40-28-39(37-18-12-13-19-38(37)40)43-29-33-16-10-11-17-34(33)30-43;1-3-5-7-17-9-13-19(14-10-17)23(21,22)20-15-11-18(12-16-20)8-6-4-2;1-2/h10-13,16-28,40,42H,6-9,14-15,29-30H2,1-5H3;9-16H,3-8H2,1-2H3;1-2H3. The fraction of sp³-hybridized carbons (Fsp3) is 0.397. The van der Waals surface area contributed by atoms with Crippen LogP contribution in [0.1, 0.15) is 164 Å². The van der Waals surface area contributed by atoms with Gasteiger partial charge in [0.25, 0.3) is 0 Å². The summed E-state index contributed by atoms with van der Waals surface area (Å²) in [6.45, 7) is 19.4. The monoisotopic (exact) mass is 993 g/mol. The van der Waals surface area contributed by atoms with Crippen molar-refractivity contribution in [3.63, 3.8) is 0 Å². The lowest BCUT2D eigenvalue weighted by molar-refractivity contribution is 0.423. The number of allylic oxidation sites excluding steroid dienone is 1. The van der Waals surface area contributed by atoms with E-state index in [1.807, 2.05) is 13.8 Å². The molecule has 0 saturated heterocycles. The first-order valence-electron chi connectivity index (χ1n) is 26.6. The Bertz CT molecular complexity index is 2370. The first-order valence-corrected chi connectivity index (χ1v) is 32.7. The first-order chi connectivity index (χ1) is 33.4. The molecule has 0 saturated carbocycles. The second-order valence-electron chi connectivity index (χ2n) is 20.2. The van der Waals surface area contributed by atoms with Crippen LogP contribution in [0.5, 0.6) is 0 Å². The maximum Gasteiger partial charge on any atom is 0.310 e. The summed E-state index contributed by atoms with van der Waals surface area (Å²) in [5.74, 6) is 0. The van der Waals surface area contributed by atoms with Gasteiger partial charge in [0.2, 0.25) is 8.24 Å². The van der Waals surface area contributed by atoms with E-state index < -0.39 is 14.9 Å². The molecular formula is C63H82Cl2N2Si2. The van der Waals surface area contributed by atoms with Crippen molar-refractivity contribution in [2.45, 2.75) is 164 Å². The van der Waals surface area contributed by atoms with Gasteiger partial charge < -0.3 is 9.88 Å². The van der Waals surface area contributed by atoms with Crippen molar-refractivity contribution in [1.29, 1.82) is 0 Å². The zero-order chi connectivity index (χ0) is 49.4. The normalized spacial score (nSPS) is 14.3. The number of hydrogen-bond donors (Lipinski definition) is 1. The summed E-state index contributed by atoms with van der Waals surface area (Å²) in [5, 5.41) is 5.08. The summed E-state index contributed by atoms with van der Waals surface area (Å²) in [6, 6.07) is 54.9. The van der Waals surface area contributed by atoms with Gasteiger partial charge >= 0.3 is 6.69 Å². The van der Waals surface area contributed by atoms with Gasteiger partial charge in [-0.25, -0.2) is 0 Å². The Kier molecular flexibility index (Phi) is 20.3. The molecule has 0 fully saturated rings. The molecule has 0 amide bonds. The molecule has 366 valence electrons. The molecule has 0 spiro atoms. The number of nitrogens with one attached hydrogen (secondary N) is 1. The molecule has 69 heavy (non-hydrogen) atoms. The van der Waals surface area contributed by atoms with Gasteiger partial charge in [0.05, 0.1) is 0 Å². The van der Waals surface area contributed by atoms with Gasteiger partial charge in [-0.15, -0.1) is 22.2 Å². The van der Waals surface area contributed by atoms with Crippen molar-refractivity contribution in [2.24, 2.45) is 0 Å². The minimum Gasteiger partial charge on any atom is -0.363 e. The maximum atomic E-state index is 6.80. The van der Waals surface area contributed by atoms with E-state index in [2.05, 4.69) is 210 Å². The Labute approximate surface area is 430 Å². The molecule has 6 aromatic rings. The molecule has 1 aliphatic carbocycles. The Morgan fingerprint density at radius 2 is 0.841 bits per heavy atom. The third-order valence-corrected chi connectivity index (χ3v) is 23.6. The number of fused-ring (bicyclic) bond motifs is 2. The highest BCUT2D eigenvalue weighted by atomic mass is 35.7. The number of aryl methyl sites for hydroxylation is 4. The number of benzene rings is 6. The zero-order valence-electron chi connectivity index (χ0n) is 43.6. The van der Waals surface area contributed by atoms with E-state index in [-0.39, 0.29) is 11.1 Å². The lowest BCUT2D eigenvalue weighted by Crippen LogP contribution is -2.75. The summed E-state index contributed by atoms with van der Waals surface area (Å²) in [6.07, 6.45) is 17.0. The third-order valence-electron chi connectivity index (χ3n) is 13.8. The molecule has 6 heteroatoms. The summed E-state index contributed by atoms with van der Waals surface area (Å²) in [7, 11) is -2.64. The molecule has 8 rings (SSSR count). The smallest absolute Gasteiger partial charge is 0.310 e. The second kappa shape index (κ2) is 25.8. The molecule has 1 heterocycles. The van der Waals surface area contributed by atoms with Crippen LogP contribution in [0.4, 0.5) is 0 Å². The number of hydrogen-bond acceptors (Lipinski definition) is 2. The van der Waals surface area contributed by atoms with Gasteiger partial charge in [-0.2, -0.15) is 0 Å². The van der Waals surface area contributed by atoms with E-state index in [1.165, 1.54) is 112 Å². The molecule has 0 aromatic heterocycles. The molecule has 1 N–H and O–H groups in total. The topological polar surface area (TPSA) is 15.3 Å². The van der Waals surface area contributed by atoms with Crippen molar-refractivity contribution in [3.05, 3.63) is 196 Å². The molecule has 1 unspecified atom stereocenters. The second-order valence-corrected chi connectivity index (χ2v) is 30.1. The predicted octanol–water partition coefficient (Wildman–Crippen LogP) is 14.9. The van der Waals surface area contributed by atoms with Gasteiger partial charge in [-0.1, -0.05) is 219 Å². The van der Waals surface area contributed by atoms with Gasteiger partial charge in [-0.05, 0) is 132 Å². The van der Waals surface area contributed by atoms with Gasteiger partial charge in [0.15, 0.2) is 0 Å². The fourth-order valence-corrected chi connectivity index (χ4v) is 18.3. The van der Waals surface area contributed by atoms with Crippen LogP contribution in [0.15, 0.2) is 152 Å². The van der Waals surface area contributed by atoms with Crippen molar-refractivity contribution in [2.75, 3.05) is 0 Å². The minimum absolute atomic E-state index is 0.0661. The van der Waals surface area contributed by atoms with Crippen molar-refractivity contribution < 1.29 is 0 Å². The number of halogens is 2. The van der Waals surface area contributed by atoms with E-state index >= 15 is 0 Å². The zero-order valence-corrected chi connectivity index (χ0v) is 47.1. The fourth-order valence-electron chi connectivity index (χ4n) is 10.1. The maximum absolute atomic E-state index is 6.80. The SMILES string of the molecule is CC.CCCCc1ccc([Si](Cl)(Cl)c2ccc(CCCC)cc2)cc1.CCCCc1ccc([Si](NC(C)(C)C)(c2ccc(CCCC)cc2)C2C=C(N3Cc4ccccc4C3)c3ccccc32)cc1. The summed E-state index contributed by atoms with van der Waals surface area (Å²) in [4.78, 5) is 7.03. The van der Waals surface area contributed by atoms with Crippen LogP contribution in [0, 0.1) is 0 Å². The Morgan fingerprint density at radius 1 is 0.493 bits per heavy atom. The van der Waals surface area contributed by atoms with Gasteiger partial charge in [0, 0.05) is 35.4 Å². The van der Waals surface area contributed by atoms with Gasteiger partial charge in [0.1, 0.15) is 0 Å². The molecular weight excluding hydrogens is 912 g/mol. The Hall–Kier alpha value is -4.17. The molecule has 6 aromatic carbocycles. The highest BCUT2D eigenvalue weighted by Gasteiger charge is 2.50. The molecule has 0 radical (unpaired) electrons. The van der Waals surface area contributed by atoms with Crippen LogP contribution < -0.4 is 25.7 Å². The molecule has 1 aliphatic heterocycles. The summed E-state index contributed by atoms with van der Waals surface area (Å²) in [5.41, 5.74) is 13.0. The number of nitrogens with zero attached hydrogens (tertiary/aromatic N) is 1. The highest BCUT2D eigenvalue weighted by Crippen LogP contribution is 2.44. The lowest BCUT2D eigenvalue weighted by atomic mass is 10.1. The summed E-state index contributed by atoms with van der Waals surface area (Å²) < 4.78 is 0. The average molecular weight is 994 g/mol. The van der Waals surface area contributed by atoms with Crippen molar-refractivity contribution in [3.8, 4) is 0 Å². The minimum atomic E-state index is -2.64. The van der Waals surface area contributed by atoms with Crippen LogP contribution >= 0.6 is 22.2 Å². The first kappa shape index (κ1) is 54.2. The highest BCUT2D eigenvalue weighted by molar-refractivity contribution is 7.56. The van der Waals surface area contributed by atoms with E-state index in [9.17, 15) is 0 Å². The van der Waals surface area contributed by atoms with Gasteiger partial charge in [-0.3, -0.25) is 0 Å². The lowest BCUT2D eigenvalue weighted by Gasteiger charge is -2.43. The van der Waals surface area contributed by atoms with E-state index in [0.29, 0.717) is 0 Å². The molecule has 2 aliphatic rings. The molecule has 2 nitrogen and oxygen atoms in total. The van der Waals surface area contributed by atoms with E-state index in [0.717, 1.165) is 49.1 Å². The van der Waals surface area contributed by atoms with Crippen LogP contribution in [0.2, 0.25) is 0 Å². The number of rotatable bonds is 19. The van der Waals surface area contributed by atoms with Crippen molar-refractivity contribution >= 4 is 63.5 Å². The number of unbranched alkanes of at least 4 members (excludes halogenated alkanes) is 4. The van der Waals surface area contributed by atoms with Crippen LogP contribution in [-0.4, -0.2) is 25.4 Å².